The van der Waals surface area contributed by atoms with E-state index in [4.69, 9.17) is 11.6 Å². The molecule has 2 rings (SSSR count). The van der Waals surface area contributed by atoms with Crippen molar-refractivity contribution < 1.29 is 12.8 Å². The van der Waals surface area contributed by atoms with Crippen LogP contribution >= 0.6 is 11.6 Å². The van der Waals surface area contributed by atoms with Crippen LogP contribution < -0.4 is 0 Å². The Morgan fingerprint density at radius 3 is 2.74 bits per heavy atom. The van der Waals surface area contributed by atoms with Crippen molar-refractivity contribution in [1.29, 1.82) is 0 Å². The van der Waals surface area contributed by atoms with Gasteiger partial charge in [0.25, 0.3) is 0 Å². The van der Waals surface area contributed by atoms with Gasteiger partial charge in [-0.25, -0.2) is 17.8 Å². The van der Waals surface area contributed by atoms with Crippen LogP contribution in [0.4, 0.5) is 4.39 Å². The molecule has 1 aromatic carbocycles. The Balaban J connectivity index is 2.36. The van der Waals surface area contributed by atoms with E-state index in [0.29, 0.717) is 11.1 Å². The van der Waals surface area contributed by atoms with Gasteiger partial charge >= 0.3 is 0 Å². The van der Waals surface area contributed by atoms with Crippen molar-refractivity contribution in [1.82, 2.24) is 4.98 Å². The Hall–Kier alpha value is -1.46. The number of halogens is 2. The van der Waals surface area contributed by atoms with Crippen molar-refractivity contribution in [3.05, 3.63) is 58.6 Å². The van der Waals surface area contributed by atoms with Crippen LogP contribution in [0.1, 0.15) is 11.1 Å². The topological polar surface area (TPSA) is 47.0 Å². The SMILES string of the molecule is CS(=O)(=O)c1cccc(Cc2cc(Cl)ncc2F)c1. The molecule has 0 aliphatic carbocycles. The standard InChI is InChI=1S/C13H11ClFNO2S/c1-19(17,18)11-4-2-3-9(6-11)5-10-7-13(14)16-8-12(10)15/h2-4,6-8H,5H2,1H3. The van der Waals surface area contributed by atoms with Gasteiger partial charge in [0.15, 0.2) is 9.84 Å². The van der Waals surface area contributed by atoms with Crippen molar-refractivity contribution in [3.8, 4) is 0 Å². The molecule has 0 atom stereocenters. The number of nitrogens with zero attached hydrogens (tertiary/aromatic N) is 1. The third-order valence-corrected chi connectivity index (χ3v) is 3.94. The van der Waals surface area contributed by atoms with Gasteiger partial charge in [-0.15, -0.1) is 0 Å². The van der Waals surface area contributed by atoms with Crippen LogP contribution in [0.15, 0.2) is 41.4 Å². The summed E-state index contributed by atoms with van der Waals surface area (Å²) in [4.78, 5) is 3.85. The highest BCUT2D eigenvalue weighted by Crippen LogP contribution is 2.18. The first kappa shape index (κ1) is 14.0. The van der Waals surface area contributed by atoms with Gasteiger partial charge in [-0.2, -0.15) is 0 Å². The summed E-state index contributed by atoms with van der Waals surface area (Å²) in [5.74, 6) is -0.464. The van der Waals surface area contributed by atoms with Gasteiger partial charge in [-0.05, 0) is 29.3 Å². The molecule has 0 saturated heterocycles. The van der Waals surface area contributed by atoms with Gasteiger partial charge in [0, 0.05) is 12.7 Å². The molecule has 0 aliphatic rings. The minimum Gasteiger partial charge on any atom is -0.242 e. The summed E-state index contributed by atoms with van der Waals surface area (Å²) in [5.41, 5.74) is 1.08. The number of hydrogen-bond donors (Lipinski definition) is 0. The van der Waals surface area contributed by atoms with E-state index in [9.17, 15) is 12.8 Å². The minimum atomic E-state index is -3.27. The highest BCUT2D eigenvalue weighted by atomic mass is 35.5. The molecule has 6 heteroatoms. The predicted molar refractivity (Wildman–Crippen MR) is 71.6 cm³/mol. The molecule has 0 amide bonds. The second-order valence-electron chi connectivity index (χ2n) is 4.19. The molecule has 0 radical (unpaired) electrons. The van der Waals surface area contributed by atoms with Crippen LogP contribution in [0.2, 0.25) is 5.15 Å². The molecule has 19 heavy (non-hydrogen) atoms. The number of sulfone groups is 1. The number of benzene rings is 1. The average Bonchev–Trinajstić information content (AvgIpc) is 2.33. The zero-order valence-electron chi connectivity index (χ0n) is 10.1. The Bertz CT molecular complexity index is 716. The lowest BCUT2D eigenvalue weighted by molar-refractivity contribution is 0.601. The van der Waals surface area contributed by atoms with E-state index in [0.717, 1.165) is 12.5 Å². The molecule has 0 unspecified atom stereocenters. The number of hydrogen-bond acceptors (Lipinski definition) is 3. The van der Waals surface area contributed by atoms with Crippen LogP contribution in [0.3, 0.4) is 0 Å². The summed E-state index contributed by atoms with van der Waals surface area (Å²) in [6.45, 7) is 0. The molecule has 0 bridgehead atoms. The first-order valence-electron chi connectivity index (χ1n) is 5.45. The summed E-state index contributed by atoms with van der Waals surface area (Å²) in [5, 5.41) is 0.204. The fourth-order valence-corrected chi connectivity index (χ4v) is 2.56. The van der Waals surface area contributed by atoms with Gasteiger partial charge in [-0.1, -0.05) is 23.7 Å². The predicted octanol–water partition coefficient (Wildman–Crippen LogP) is 2.87. The third-order valence-electron chi connectivity index (χ3n) is 2.62. The van der Waals surface area contributed by atoms with Gasteiger partial charge in [0.2, 0.25) is 0 Å². The lowest BCUT2D eigenvalue weighted by Crippen LogP contribution is -1.99. The van der Waals surface area contributed by atoms with Crippen molar-refractivity contribution in [3.63, 3.8) is 0 Å². The largest absolute Gasteiger partial charge is 0.242 e. The van der Waals surface area contributed by atoms with E-state index in [-0.39, 0.29) is 16.5 Å². The fourth-order valence-electron chi connectivity index (χ4n) is 1.69. The fraction of sp³-hybridized carbons (Fsp3) is 0.154. The molecule has 3 nitrogen and oxygen atoms in total. The molecule has 0 fully saturated rings. The molecule has 0 saturated carbocycles. The molecule has 1 aromatic heterocycles. The van der Waals surface area contributed by atoms with Crippen molar-refractivity contribution >= 4 is 21.4 Å². The monoisotopic (exact) mass is 299 g/mol. The molecule has 0 aliphatic heterocycles. The zero-order valence-corrected chi connectivity index (χ0v) is 11.7. The molecule has 0 spiro atoms. The Morgan fingerprint density at radius 1 is 1.32 bits per heavy atom. The maximum atomic E-state index is 13.6. The van der Waals surface area contributed by atoms with E-state index in [1.165, 1.54) is 18.2 Å². The maximum absolute atomic E-state index is 13.6. The second kappa shape index (κ2) is 5.27. The first-order chi connectivity index (χ1) is 8.86. The Labute approximate surface area is 116 Å². The molecular formula is C13H11ClFNO2S. The maximum Gasteiger partial charge on any atom is 0.175 e. The summed E-state index contributed by atoms with van der Waals surface area (Å²) in [6.07, 6.45) is 2.45. The Kier molecular flexibility index (Phi) is 3.87. The molecule has 0 N–H and O–H groups in total. The first-order valence-corrected chi connectivity index (χ1v) is 7.72. The van der Waals surface area contributed by atoms with Crippen LogP contribution in [0, 0.1) is 5.82 Å². The van der Waals surface area contributed by atoms with Crippen LogP contribution in [0.5, 0.6) is 0 Å². The highest BCUT2D eigenvalue weighted by molar-refractivity contribution is 7.90. The summed E-state index contributed by atoms with van der Waals surface area (Å²) in [7, 11) is -3.27. The van der Waals surface area contributed by atoms with Crippen molar-refractivity contribution in [2.75, 3.05) is 6.26 Å². The van der Waals surface area contributed by atoms with Gasteiger partial charge in [0.1, 0.15) is 11.0 Å². The number of pyridine rings is 1. The smallest absolute Gasteiger partial charge is 0.175 e. The molecular weight excluding hydrogens is 289 g/mol. The van der Waals surface area contributed by atoms with Gasteiger partial charge in [-0.3, -0.25) is 0 Å². The van der Waals surface area contributed by atoms with Crippen LogP contribution in [0.25, 0.3) is 0 Å². The summed E-state index contributed by atoms with van der Waals surface area (Å²) >= 11 is 5.71. The van der Waals surface area contributed by atoms with Crippen LogP contribution in [-0.2, 0) is 16.3 Å². The number of aromatic nitrogens is 1. The zero-order chi connectivity index (χ0) is 14.0. The van der Waals surface area contributed by atoms with E-state index in [1.54, 1.807) is 12.1 Å². The Morgan fingerprint density at radius 2 is 2.05 bits per heavy atom. The van der Waals surface area contributed by atoms with E-state index in [1.807, 2.05) is 0 Å². The summed E-state index contributed by atoms with van der Waals surface area (Å²) < 4.78 is 36.5. The third kappa shape index (κ3) is 3.52. The van der Waals surface area contributed by atoms with E-state index >= 15 is 0 Å². The lowest BCUT2D eigenvalue weighted by atomic mass is 10.1. The van der Waals surface area contributed by atoms with E-state index in [2.05, 4.69) is 4.98 Å². The van der Waals surface area contributed by atoms with Crippen LogP contribution in [-0.4, -0.2) is 19.7 Å². The van der Waals surface area contributed by atoms with Crippen molar-refractivity contribution in [2.24, 2.45) is 0 Å². The summed E-state index contributed by atoms with van der Waals surface area (Å²) in [6, 6.07) is 7.84. The average molecular weight is 300 g/mol. The normalized spacial score (nSPS) is 11.5. The number of rotatable bonds is 3. The molecule has 1 heterocycles. The molecule has 2 aromatic rings. The van der Waals surface area contributed by atoms with Gasteiger partial charge < -0.3 is 0 Å². The minimum absolute atomic E-state index is 0.204. The molecule has 100 valence electrons. The highest BCUT2D eigenvalue weighted by Gasteiger charge is 2.09. The lowest BCUT2D eigenvalue weighted by Gasteiger charge is -2.05. The quantitative estimate of drug-likeness (QED) is 0.819. The van der Waals surface area contributed by atoms with Crippen molar-refractivity contribution in [2.45, 2.75) is 11.3 Å². The van der Waals surface area contributed by atoms with Gasteiger partial charge in [0.05, 0.1) is 11.1 Å². The van der Waals surface area contributed by atoms with E-state index < -0.39 is 15.7 Å². The second-order valence-corrected chi connectivity index (χ2v) is 6.60.